The van der Waals surface area contributed by atoms with Crippen LogP contribution in [0, 0.1) is 5.82 Å². The number of halogens is 2. The number of nitrogens with one attached hydrogen (secondary N) is 1. The Morgan fingerprint density at radius 3 is 2.77 bits per heavy atom. The Balaban J connectivity index is 1.73. The lowest BCUT2D eigenvalue weighted by molar-refractivity contribution is 0.0639. The number of amides is 1. The van der Waals surface area contributed by atoms with Gasteiger partial charge in [-0.15, -0.1) is 0 Å². The van der Waals surface area contributed by atoms with Crippen LogP contribution in [0.25, 0.3) is 11.0 Å². The monoisotopic (exact) mass is 475 g/mol. The SMILES string of the molecule is CCC(CC)N(Cc1ncc(Br)cc1F)C(=O)c1cc2nc(N)c3c(c2[nH]1)COC3. The van der Waals surface area contributed by atoms with E-state index in [2.05, 4.69) is 30.9 Å². The quantitative estimate of drug-likeness (QED) is 0.553. The second-order valence-corrected chi connectivity index (χ2v) is 8.29. The van der Waals surface area contributed by atoms with Crippen LogP contribution in [0.4, 0.5) is 10.2 Å². The molecule has 30 heavy (non-hydrogen) atoms. The summed E-state index contributed by atoms with van der Waals surface area (Å²) in [5.74, 6) is -0.253. The summed E-state index contributed by atoms with van der Waals surface area (Å²) in [6, 6.07) is 3.00. The van der Waals surface area contributed by atoms with Crippen molar-refractivity contribution in [2.75, 3.05) is 5.73 Å². The Labute approximate surface area is 182 Å². The zero-order chi connectivity index (χ0) is 21.4. The summed E-state index contributed by atoms with van der Waals surface area (Å²) in [4.78, 5) is 27.0. The number of rotatable bonds is 6. The molecule has 0 aliphatic carbocycles. The Morgan fingerprint density at radius 2 is 2.07 bits per heavy atom. The van der Waals surface area contributed by atoms with Gasteiger partial charge < -0.3 is 20.4 Å². The number of fused-ring (bicyclic) bond motifs is 3. The minimum absolute atomic E-state index is 0.0548. The molecule has 4 heterocycles. The molecule has 3 aromatic heterocycles. The number of aromatic nitrogens is 3. The molecule has 4 rings (SSSR count). The fourth-order valence-corrected chi connectivity index (χ4v) is 4.23. The van der Waals surface area contributed by atoms with Gasteiger partial charge in [-0.2, -0.15) is 0 Å². The van der Waals surface area contributed by atoms with Crippen LogP contribution in [0.15, 0.2) is 22.8 Å². The number of anilines is 1. The maximum absolute atomic E-state index is 14.4. The summed E-state index contributed by atoms with van der Waals surface area (Å²) in [6.45, 7) is 4.95. The summed E-state index contributed by atoms with van der Waals surface area (Å²) < 4.78 is 20.5. The third kappa shape index (κ3) is 3.67. The minimum Gasteiger partial charge on any atom is -0.383 e. The number of nitrogens with two attached hydrogens (primary N) is 1. The highest BCUT2D eigenvalue weighted by atomic mass is 79.9. The summed E-state index contributed by atoms with van der Waals surface area (Å²) in [6.07, 6.45) is 3.02. The number of aromatic amines is 1. The molecule has 7 nitrogen and oxygen atoms in total. The van der Waals surface area contributed by atoms with Gasteiger partial charge in [0.1, 0.15) is 17.3 Å². The second-order valence-electron chi connectivity index (χ2n) is 7.38. The molecule has 1 aliphatic rings. The molecule has 0 spiro atoms. The lowest BCUT2D eigenvalue weighted by Crippen LogP contribution is -2.39. The van der Waals surface area contributed by atoms with Crippen molar-refractivity contribution in [3.05, 3.63) is 51.1 Å². The standard InChI is InChI=1S/C21H23BrFN5O2/c1-3-12(4-2)28(8-18-15(23)5-11(22)7-25-18)21(29)17-6-16-19(26-17)13-9-30-10-14(13)20(24)27-16/h5-7,12,26H,3-4,8-10H2,1-2H3,(H2,24,27). The predicted molar refractivity (Wildman–Crippen MR) is 115 cm³/mol. The van der Waals surface area contributed by atoms with E-state index in [1.807, 2.05) is 13.8 Å². The molecule has 9 heteroatoms. The lowest BCUT2D eigenvalue weighted by Gasteiger charge is -2.30. The summed E-state index contributed by atoms with van der Waals surface area (Å²) in [5, 5.41) is 0. The molecule has 0 radical (unpaired) electrons. The van der Waals surface area contributed by atoms with Crippen molar-refractivity contribution in [3.63, 3.8) is 0 Å². The number of pyridine rings is 2. The summed E-state index contributed by atoms with van der Waals surface area (Å²) in [7, 11) is 0. The van der Waals surface area contributed by atoms with Gasteiger partial charge in [-0.25, -0.2) is 9.37 Å². The smallest absolute Gasteiger partial charge is 0.270 e. The van der Waals surface area contributed by atoms with Crippen LogP contribution in [0.2, 0.25) is 0 Å². The fourth-order valence-electron chi connectivity index (χ4n) is 3.93. The Kier molecular flexibility index (Phi) is 5.75. The van der Waals surface area contributed by atoms with E-state index in [4.69, 9.17) is 10.5 Å². The van der Waals surface area contributed by atoms with Crippen molar-refractivity contribution in [2.45, 2.75) is 52.5 Å². The molecule has 0 fully saturated rings. The third-order valence-electron chi connectivity index (χ3n) is 5.58. The van der Waals surface area contributed by atoms with Gasteiger partial charge in [0.05, 0.1) is 36.5 Å². The highest BCUT2D eigenvalue weighted by Crippen LogP contribution is 2.31. The van der Waals surface area contributed by atoms with Gasteiger partial charge in [-0.1, -0.05) is 13.8 Å². The van der Waals surface area contributed by atoms with E-state index in [0.29, 0.717) is 34.7 Å². The van der Waals surface area contributed by atoms with Gasteiger partial charge in [0, 0.05) is 27.8 Å². The van der Waals surface area contributed by atoms with Crippen molar-refractivity contribution in [2.24, 2.45) is 0 Å². The first-order valence-electron chi connectivity index (χ1n) is 9.91. The largest absolute Gasteiger partial charge is 0.383 e. The van der Waals surface area contributed by atoms with Gasteiger partial charge >= 0.3 is 0 Å². The van der Waals surface area contributed by atoms with E-state index in [1.54, 1.807) is 11.0 Å². The number of nitrogen functional groups attached to an aromatic ring is 1. The maximum Gasteiger partial charge on any atom is 0.270 e. The van der Waals surface area contributed by atoms with Crippen LogP contribution < -0.4 is 5.73 Å². The normalized spacial score (nSPS) is 13.2. The molecule has 3 N–H and O–H groups in total. The number of ether oxygens (including phenoxy) is 1. The van der Waals surface area contributed by atoms with E-state index in [1.165, 1.54) is 12.3 Å². The maximum atomic E-state index is 14.4. The second kappa shape index (κ2) is 8.31. The number of carbonyl (C=O) groups excluding carboxylic acids is 1. The fraction of sp³-hybridized carbons (Fsp3) is 0.381. The first-order chi connectivity index (χ1) is 14.4. The van der Waals surface area contributed by atoms with Crippen molar-refractivity contribution >= 4 is 38.7 Å². The molecule has 3 aromatic rings. The predicted octanol–water partition coefficient (Wildman–Crippen LogP) is 4.30. The van der Waals surface area contributed by atoms with Crippen LogP contribution >= 0.6 is 15.9 Å². The van der Waals surface area contributed by atoms with Gasteiger partial charge in [0.25, 0.3) is 5.91 Å². The number of hydrogen-bond acceptors (Lipinski definition) is 5. The molecular formula is C21H23BrFN5O2. The molecule has 0 atom stereocenters. The highest BCUT2D eigenvalue weighted by molar-refractivity contribution is 9.10. The van der Waals surface area contributed by atoms with E-state index in [0.717, 1.165) is 29.5 Å². The molecule has 0 unspecified atom stereocenters. The van der Waals surface area contributed by atoms with Crippen LogP contribution in [-0.4, -0.2) is 31.8 Å². The van der Waals surface area contributed by atoms with Gasteiger partial charge in [-0.3, -0.25) is 9.78 Å². The number of hydrogen-bond donors (Lipinski definition) is 2. The molecule has 0 saturated heterocycles. The molecule has 1 amide bonds. The van der Waals surface area contributed by atoms with E-state index in [-0.39, 0.29) is 24.2 Å². The third-order valence-corrected chi connectivity index (χ3v) is 6.02. The lowest BCUT2D eigenvalue weighted by atomic mass is 10.1. The van der Waals surface area contributed by atoms with E-state index in [9.17, 15) is 9.18 Å². The van der Waals surface area contributed by atoms with Crippen molar-refractivity contribution in [1.29, 1.82) is 0 Å². The number of H-pyrrole nitrogens is 1. The molecule has 0 aromatic carbocycles. The van der Waals surface area contributed by atoms with Crippen molar-refractivity contribution in [1.82, 2.24) is 19.9 Å². The first-order valence-corrected chi connectivity index (χ1v) is 10.7. The van der Waals surface area contributed by atoms with Crippen LogP contribution in [-0.2, 0) is 24.5 Å². The summed E-state index contributed by atoms with van der Waals surface area (Å²) in [5.41, 5.74) is 9.85. The zero-order valence-corrected chi connectivity index (χ0v) is 18.4. The average molecular weight is 476 g/mol. The van der Waals surface area contributed by atoms with Crippen molar-refractivity contribution in [3.8, 4) is 0 Å². The molecule has 1 aliphatic heterocycles. The van der Waals surface area contributed by atoms with Gasteiger partial charge in [-0.05, 0) is 40.9 Å². The average Bonchev–Trinajstić information content (AvgIpc) is 3.36. The Hall–Kier alpha value is -2.52. The summed E-state index contributed by atoms with van der Waals surface area (Å²) >= 11 is 3.22. The van der Waals surface area contributed by atoms with Crippen LogP contribution in [0.5, 0.6) is 0 Å². The zero-order valence-electron chi connectivity index (χ0n) is 16.8. The Bertz CT molecular complexity index is 1110. The van der Waals surface area contributed by atoms with Gasteiger partial charge in [0.2, 0.25) is 0 Å². The Morgan fingerprint density at radius 1 is 1.33 bits per heavy atom. The minimum atomic E-state index is -0.450. The molecule has 0 saturated carbocycles. The van der Waals surface area contributed by atoms with Gasteiger partial charge in [0.15, 0.2) is 0 Å². The topological polar surface area (TPSA) is 97.1 Å². The number of nitrogens with zero attached hydrogens (tertiary/aromatic N) is 3. The van der Waals surface area contributed by atoms with Crippen LogP contribution in [0.3, 0.4) is 0 Å². The van der Waals surface area contributed by atoms with E-state index < -0.39 is 5.82 Å². The molecule has 0 bridgehead atoms. The van der Waals surface area contributed by atoms with E-state index >= 15 is 0 Å². The molecule has 158 valence electrons. The van der Waals surface area contributed by atoms with Crippen molar-refractivity contribution < 1.29 is 13.9 Å². The highest BCUT2D eigenvalue weighted by Gasteiger charge is 2.27. The van der Waals surface area contributed by atoms with Crippen LogP contribution in [0.1, 0.15) is 54.0 Å². The number of carbonyl (C=O) groups is 1. The molecular weight excluding hydrogens is 453 g/mol. The first kappa shape index (κ1) is 20.7.